The van der Waals surface area contributed by atoms with E-state index in [-0.39, 0.29) is 9.80 Å². The highest BCUT2D eigenvalue weighted by Crippen LogP contribution is 2.31. The van der Waals surface area contributed by atoms with Crippen LogP contribution in [0.5, 0.6) is 0 Å². The minimum atomic E-state index is -3.77. The summed E-state index contributed by atoms with van der Waals surface area (Å²) in [7, 11) is -3.77. The third-order valence-electron chi connectivity index (χ3n) is 5.35. The zero-order chi connectivity index (χ0) is 22.4. The number of allylic oxidation sites excluding steroid dienone is 11. The molecule has 0 saturated heterocycles. The zero-order valence-electron chi connectivity index (χ0n) is 17.3. The van der Waals surface area contributed by atoms with E-state index in [0.717, 1.165) is 22.8 Å². The van der Waals surface area contributed by atoms with Gasteiger partial charge in [-0.15, -0.1) is 0 Å². The van der Waals surface area contributed by atoms with Crippen LogP contribution >= 0.6 is 0 Å². The highest BCUT2D eigenvalue weighted by atomic mass is 32.2. The molecule has 5 heterocycles. The largest absolute Gasteiger partial charge is 0.249 e. The number of nitrogens with zero attached hydrogens (tertiary/aromatic N) is 4. The fraction of sp³-hybridized carbons (Fsp3) is 0. The summed E-state index contributed by atoms with van der Waals surface area (Å²) in [4.78, 5) is 18.7. The number of hydrogen-bond acceptors (Lipinski definition) is 6. The number of aliphatic imine (C=N–C) groups is 4. The average Bonchev–Trinajstić information content (AvgIpc) is 3.59. The molecule has 6 rings (SSSR count). The molecule has 0 aromatic heterocycles. The highest BCUT2D eigenvalue weighted by Gasteiger charge is 2.28. The van der Waals surface area contributed by atoms with Gasteiger partial charge in [-0.25, -0.2) is 28.4 Å². The van der Waals surface area contributed by atoms with Crippen LogP contribution in [0.2, 0.25) is 0 Å². The molecular formula is C26H16N4O2S. The first kappa shape index (κ1) is 19.5. The van der Waals surface area contributed by atoms with Crippen molar-refractivity contribution in [3.63, 3.8) is 0 Å². The van der Waals surface area contributed by atoms with Gasteiger partial charge in [0.25, 0.3) is 0 Å². The Morgan fingerprint density at radius 2 is 1.03 bits per heavy atom. The standard InChI is InChI=1S/C26H16N4O2S/c31-33(32,24-4-2-1-3-5-24)26-16-23-14-21-9-8-19(28-21)12-17-6-7-18(27-17)13-20-10-11-22(29-20)15-25(26)30-23/h1-16H. The second-order valence-corrected chi connectivity index (χ2v) is 9.63. The van der Waals surface area contributed by atoms with Crippen LogP contribution in [0.15, 0.2) is 150 Å². The van der Waals surface area contributed by atoms with Gasteiger partial charge in [-0.3, -0.25) is 0 Å². The van der Waals surface area contributed by atoms with Crippen molar-refractivity contribution in [3.8, 4) is 0 Å². The molecular weight excluding hydrogens is 432 g/mol. The summed E-state index contributed by atoms with van der Waals surface area (Å²) in [5.74, 6) is 0. The van der Waals surface area contributed by atoms with E-state index in [1.807, 2.05) is 48.6 Å². The molecule has 33 heavy (non-hydrogen) atoms. The second-order valence-electron chi connectivity index (χ2n) is 7.71. The van der Waals surface area contributed by atoms with Crippen LogP contribution in [0.25, 0.3) is 0 Å². The van der Waals surface area contributed by atoms with Crippen LogP contribution in [0.3, 0.4) is 0 Å². The molecule has 0 unspecified atom stereocenters. The van der Waals surface area contributed by atoms with E-state index >= 15 is 0 Å². The van der Waals surface area contributed by atoms with E-state index in [0.29, 0.717) is 22.8 Å². The molecule has 5 aliphatic heterocycles. The van der Waals surface area contributed by atoms with Crippen molar-refractivity contribution < 1.29 is 8.42 Å². The minimum absolute atomic E-state index is 0.137. The Bertz CT molecular complexity index is 1580. The van der Waals surface area contributed by atoms with Crippen LogP contribution in [0.4, 0.5) is 0 Å². The van der Waals surface area contributed by atoms with Gasteiger partial charge in [0.15, 0.2) is 0 Å². The molecule has 6 nitrogen and oxygen atoms in total. The lowest BCUT2D eigenvalue weighted by Gasteiger charge is -2.06. The Labute approximate surface area is 190 Å². The van der Waals surface area contributed by atoms with Crippen molar-refractivity contribution in [1.82, 2.24) is 0 Å². The lowest BCUT2D eigenvalue weighted by Crippen LogP contribution is -2.06. The van der Waals surface area contributed by atoms with Crippen LogP contribution in [0.1, 0.15) is 0 Å². The van der Waals surface area contributed by atoms with Gasteiger partial charge in [-0.2, -0.15) is 0 Å². The third-order valence-corrected chi connectivity index (χ3v) is 7.14. The van der Waals surface area contributed by atoms with Crippen molar-refractivity contribution in [2.75, 3.05) is 0 Å². The predicted molar refractivity (Wildman–Crippen MR) is 131 cm³/mol. The fourth-order valence-corrected chi connectivity index (χ4v) is 5.24. The number of sulfone groups is 1. The minimum Gasteiger partial charge on any atom is -0.249 e. The normalized spacial score (nSPS) is 20.4. The fourth-order valence-electron chi connectivity index (χ4n) is 3.81. The molecule has 7 heteroatoms. The van der Waals surface area contributed by atoms with E-state index in [9.17, 15) is 8.42 Å². The monoisotopic (exact) mass is 448 g/mol. The topological polar surface area (TPSA) is 83.6 Å². The van der Waals surface area contributed by atoms with E-state index < -0.39 is 9.84 Å². The summed E-state index contributed by atoms with van der Waals surface area (Å²) in [6.45, 7) is 0. The van der Waals surface area contributed by atoms with Crippen LogP contribution in [0, 0.1) is 0 Å². The van der Waals surface area contributed by atoms with Crippen LogP contribution < -0.4 is 0 Å². The van der Waals surface area contributed by atoms with Crippen molar-refractivity contribution in [1.29, 1.82) is 0 Å². The van der Waals surface area contributed by atoms with E-state index in [2.05, 4.69) is 20.0 Å². The van der Waals surface area contributed by atoms with E-state index in [1.165, 1.54) is 0 Å². The van der Waals surface area contributed by atoms with Gasteiger partial charge < -0.3 is 0 Å². The quantitative estimate of drug-likeness (QED) is 0.673. The first-order chi connectivity index (χ1) is 16.0. The molecule has 0 amide bonds. The second kappa shape index (κ2) is 7.43. The Morgan fingerprint density at radius 3 is 1.61 bits per heavy atom. The molecule has 0 saturated carbocycles. The van der Waals surface area contributed by atoms with Gasteiger partial charge in [0.1, 0.15) is 0 Å². The summed E-state index contributed by atoms with van der Waals surface area (Å²) < 4.78 is 26.8. The molecule has 5 aliphatic rings. The van der Waals surface area contributed by atoms with Gasteiger partial charge in [0.05, 0.1) is 55.4 Å². The zero-order valence-corrected chi connectivity index (χ0v) is 18.1. The maximum absolute atomic E-state index is 13.4. The van der Waals surface area contributed by atoms with E-state index in [4.69, 9.17) is 0 Å². The Hall–Kier alpha value is -4.23. The molecule has 0 radical (unpaired) electrons. The molecule has 0 aliphatic carbocycles. The van der Waals surface area contributed by atoms with Crippen LogP contribution in [-0.2, 0) is 9.84 Å². The molecule has 0 atom stereocenters. The number of fused-ring (bicyclic) bond motifs is 4. The molecule has 0 fully saturated rings. The maximum atomic E-state index is 13.4. The average molecular weight is 449 g/mol. The summed E-state index contributed by atoms with van der Waals surface area (Å²) in [5.41, 5.74) is 5.26. The van der Waals surface area contributed by atoms with Gasteiger partial charge in [0, 0.05) is 0 Å². The molecule has 1 aromatic carbocycles. The van der Waals surface area contributed by atoms with Crippen molar-refractivity contribution in [3.05, 3.63) is 125 Å². The summed E-state index contributed by atoms with van der Waals surface area (Å²) in [5, 5.41) is 0. The Morgan fingerprint density at radius 1 is 0.515 bits per heavy atom. The Kier molecular flexibility index (Phi) is 4.38. The SMILES string of the molecule is O=S(=O)(C1=CC2=NC1=CC1=NC(=CC3=NC(=CC4=NC(=C2)C=C4)C=C3)C=C1)c1ccccc1. The number of rotatable bonds is 2. The van der Waals surface area contributed by atoms with Crippen molar-refractivity contribution in [2.45, 2.75) is 4.90 Å². The molecule has 158 valence electrons. The first-order valence-electron chi connectivity index (χ1n) is 10.3. The van der Waals surface area contributed by atoms with Crippen molar-refractivity contribution in [2.24, 2.45) is 20.0 Å². The molecule has 0 N–H and O–H groups in total. The number of hydrogen-bond donors (Lipinski definition) is 0. The summed E-state index contributed by atoms with van der Waals surface area (Å²) in [6.07, 6.45) is 20.1. The molecule has 8 bridgehead atoms. The molecule has 0 spiro atoms. The Balaban J connectivity index is 1.52. The van der Waals surface area contributed by atoms with E-state index in [1.54, 1.807) is 48.6 Å². The van der Waals surface area contributed by atoms with Gasteiger partial charge in [-0.1, -0.05) is 18.2 Å². The van der Waals surface area contributed by atoms with Gasteiger partial charge in [0.2, 0.25) is 9.84 Å². The van der Waals surface area contributed by atoms with Gasteiger partial charge in [-0.05, 0) is 79.0 Å². The highest BCUT2D eigenvalue weighted by molar-refractivity contribution is 7.95. The lowest BCUT2D eigenvalue weighted by atomic mass is 10.2. The van der Waals surface area contributed by atoms with Crippen molar-refractivity contribution >= 4 is 32.7 Å². The van der Waals surface area contributed by atoms with Crippen LogP contribution in [-0.4, -0.2) is 31.3 Å². The van der Waals surface area contributed by atoms with Gasteiger partial charge >= 0.3 is 0 Å². The third kappa shape index (κ3) is 3.68. The molecule has 1 aromatic rings. The first-order valence-corrected chi connectivity index (χ1v) is 11.8. The maximum Gasteiger partial charge on any atom is 0.208 e. The predicted octanol–water partition coefficient (Wildman–Crippen LogP) is 4.38. The number of benzene rings is 1. The summed E-state index contributed by atoms with van der Waals surface area (Å²) >= 11 is 0. The lowest BCUT2D eigenvalue weighted by molar-refractivity contribution is 0.602. The smallest absolute Gasteiger partial charge is 0.208 e. The summed E-state index contributed by atoms with van der Waals surface area (Å²) in [6, 6.07) is 8.36.